The molecule has 2 aliphatic heterocycles. The van der Waals surface area contributed by atoms with Gasteiger partial charge in [0.25, 0.3) is 0 Å². The summed E-state index contributed by atoms with van der Waals surface area (Å²) in [5, 5.41) is 19.2. The third-order valence-corrected chi connectivity index (χ3v) is 6.56. The predicted molar refractivity (Wildman–Crippen MR) is 117 cm³/mol. The zero-order valence-corrected chi connectivity index (χ0v) is 19.2. The Hall–Kier alpha value is -3.87. The molecule has 0 radical (unpaired) electrons. The Kier molecular flexibility index (Phi) is 6.07. The van der Waals surface area contributed by atoms with Gasteiger partial charge in [0.15, 0.2) is 0 Å². The molecule has 0 spiro atoms. The summed E-state index contributed by atoms with van der Waals surface area (Å²) >= 11 is 0. The first-order valence-corrected chi connectivity index (χ1v) is 10.8. The fourth-order valence-electron chi connectivity index (χ4n) is 4.77. The maximum absolute atomic E-state index is 13.3. The number of carbonyl (C=O) groups is 3. The molecule has 4 rings (SSSR count). The molecule has 2 aliphatic rings. The van der Waals surface area contributed by atoms with Gasteiger partial charge in [-0.15, -0.1) is 0 Å². The Morgan fingerprint density at radius 3 is 2.50 bits per heavy atom. The molecule has 10 nitrogen and oxygen atoms in total. The zero-order chi connectivity index (χ0) is 26.7. The number of ether oxygens (including phenoxy) is 1. The summed E-state index contributed by atoms with van der Waals surface area (Å²) in [5.74, 6) is -3.21. The summed E-state index contributed by atoms with van der Waals surface area (Å²) in [6, 6.07) is 3.09. The van der Waals surface area contributed by atoms with Gasteiger partial charge in [-0.05, 0) is 19.1 Å². The molecule has 192 valence electrons. The van der Waals surface area contributed by atoms with Crippen LogP contribution in [0.25, 0.3) is 11.0 Å². The number of benzene rings is 1. The third kappa shape index (κ3) is 3.98. The monoisotopic (exact) mass is 510 g/mol. The van der Waals surface area contributed by atoms with Crippen molar-refractivity contribution in [2.45, 2.75) is 32.2 Å². The molecular formula is C23H21F3N2O8. The number of anilines is 1. The van der Waals surface area contributed by atoms with Crippen molar-refractivity contribution in [1.82, 2.24) is 4.90 Å². The maximum Gasteiger partial charge on any atom is 0.417 e. The standard InChI is InChI=1S/C23H21F3N2O8/c1-9-13(19(21(32)33)28-18(9)17(10(2)29)20(28)31)8-35-22(34)27(3)11-4-5-12-14(23(24,25)26)7-16(30)36-15(12)6-11/h4-7,9-10,17-18,29H,8H2,1-3H3,(H,32,33)/t9?,10?,17-,18-/m1/s1. The van der Waals surface area contributed by atoms with E-state index in [4.69, 9.17) is 9.15 Å². The fourth-order valence-corrected chi connectivity index (χ4v) is 4.77. The first-order valence-electron chi connectivity index (χ1n) is 10.8. The van der Waals surface area contributed by atoms with Gasteiger partial charge in [0.2, 0.25) is 5.91 Å². The van der Waals surface area contributed by atoms with Crippen molar-refractivity contribution in [2.75, 3.05) is 18.6 Å². The van der Waals surface area contributed by atoms with Gasteiger partial charge >= 0.3 is 23.9 Å². The van der Waals surface area contributed by atoms with Crippen LogP contribution < -0.4 is 10.5 Å². The lowest BCUT2D eigenvalue weighted by Gasteiger charge is -2.46. The highest BCUT2D eigenvalue weighted by molar-refractivity contribution is 6.00. The predicted octanol–water partition coefficient (Wildman–Crippen LogP) is 2.58. The lowest BCUT2D eigenvalue weighted by atomic mass is 9.78. The second-order valence-corrected chi connectivity index (χ2v) is 8.70. The number of aliphatic hydroxyl groups excluding tert-OH is 1. The molecule has 0 bridgehead atoms. The summed E-state index contributed by atoms with van der Waals surface area (Å²) in [6.45, 7) is 2.62. The van der Waals surface area contributed by atoms with Crippen LogP contribution in [0.1, 0.15) is 19.4 Å². The highest BCUT2D eigenvalue weighted by atomic mass is 19.4. The van der Waals surface area contributed by atoms with Gasteiger partial charge in [-0.25, -0.2) is 14.4 Å². The van der Waals surface area contributed by atoms with E-state index >= 15 is 0 Å². The second kappa shape index (κ2) is 8.66. The summed E-state index contributed by atoms with van der Waals surface area (Å²) in [5.41, 5.74) is -2.85. The minimum atomic E-state index is -4.79. The van der Waals surface area contributed by atoms with Gasteiger partial charge in [0.05, 0.1) is 29.3 Å². The second-order valence-electron chi connectivity index (χ2n) is 8.70. The Morgan fingerprint density at radius 2 is 1.92 bits per heavy atom. The number of halogens is 3. The number of hydrogen-bond acceptors (Lipinski definition) is 7. The SMILES string of the molecule is CC(O)[C@H]1C(=O)N2C(C(=O)O)=C(COC(=O)N(C)c3ccc4c(C(F)(F)F)cc(=O)oc4c3)C(C)[C@H]12. The van der Waals surface area contributed by atoms with Crippen molar-refractivity contribution in [3.63, 3.8) is 0 Å². The Labute approximate surface area is 201 Å². The fraction of sp³-hybridized carbons (Fsp3) is 0.391. The van der Waals surface area contributed by atoms with Crippen LogP contribution in [0.15, 0.2) is 44.7 Å². The number of β-lactam (4-membered cyclic amide) rings is 1. The van der Waals surface area contributed by atoms with E-state index in [1.54, 1.807) is 6.92 Å². The molecule has 1 saturated heterocycles. The summed E-state index contributed by atoms with van der Waals surface area (Å²) in [6.07, 6.45) is -6.76. The van der Waals surface area contributed by atoms with Gasteiger partial charge in [-0.1, -0.05) is 6.92 Å². The molecule has 36 heavy (non-hydrogen) atoms. The van der Waals surface area contributed by atoms with Crippen LogP contribution in [-0.2, 0) is 20.5 Å². The Bertz CT molecular complexity index is 1360. The van der Waals surface area contributed by atoms with Crippen LogP contribution >= 0.6 is 0 Å². The maximum atomic E-state index is 13.3. The summed E-state index contributed by atoms with van der Waals surface area (Å²) < 4.78 is 49.9. The van der Waals surface area contributed by atoms with E-state index in [0.717, 1.165) is 21.9 Å². The number of aliphatic carboxylic acids is 1. The number of carboxylic acid groups (broad SMARTS) is 1. The topological polar surface area (TPSA) is 138 Å². The molecule has 2 unspecified atom stereocenters. The summed E-state index contributed by atoms with van der Waals surface area (Å²) in [7, 11) is 1.26. The third-order valence-electron chi connectivity index (χ3n) is 6.56. The first kappa shape index (κ1) is 25.2. The molecule has 2 amide bonds. The van der Waals surface area contributed by atoms with E-state index < -0.39 is 65.9 Å². The quantitative estimate of drug-likeness (QED) is 0.463. The number of rotatable bonds is 5. The average Bonchev–Trinajstić information content (AvgIpc) is 3.03. The van der Waals surface area contributed by atoms with Gasteiger partial charge in [0.1, 0.15) is 17.9 Å². The number of carbonyl (C=O) groups excluding carboxylic acids is 2. The van der Waals surface area contributed by atoms with Crippen molar-refractivity contribution in [3.05, 3.63) is 51.5 Å². The van der Waals surface area contributed by atoms with Crippen LogP contribution in [0.3, 0.4) is 0 Å². The van der Waals surface area contributed by atoms with Crippen molar-refractivity contribution < 1.29 is 46.9 Å². The largest absolute Gasteiger partial charge is 0.477 e. The lowest BCUT2D eigenvalue weighted by molar-refractivity contribution is -0.163. The molecule has 0 aliphatic carbocycles. The minimum Gasteiger partial charge on any atom is -0.477 e. The number of amides is 2. The smallest absolute Gasteiger partial charge is 0.417 e. The van der Waals surface area contributed by atoms with Gasteiger partial charge in [-0.3, -0.25) is 9.69 Å². The number of carboxylic acids is 1. The number of nitrogens with zero attached hydrogens (tertiary/aromatic N) is 2. The van der Waals surface area contributed by atoms with Crippen LogP contribution in [0, 0.1) is 11.8 Å². The molecule has 1 aromatic carbocycles. The highest BCUT2D eigenvalue weighted by Crippen LogP contribution is 2.47. The van der Waals surface area contributed by atoms with Crippen LogP contribution in [0.2, 0.25) is 0 Å². The van der Waals surface area contributed by atoms with Crippen LogP contribution in [0.5, 0.6) is 0 Å². The molecule has 1 fully saturated rings. The van der Waals surface area contributed by atoms with E-state index in [9.17, 15) is 42.6 Å². The van der Waals surface area contributed by atoms with Crippen LogP contribution in [-0.4, -0.2) is 58.9 Å². The lowest BCUT2D eigenvalue weighted by Crippen LogP contribution is -2.63. The highest BCUT2D eigenvalue weighted by Gasteiger charge is 2.59. The molecule has 13 heteroatoms. The Balaban J connectivity index is 1.56. The number of hydrogen-bond donors (Lipinski definition) is 2. The molecule has 3 heterocycles. The van der Waals surface area contributed by atoms with E-state index in [1.165, 1.54) is 20.0 Å². The van der Waals surface area contributed by atoms with Crippen molar-refractivity contribution in [2.24, 2.45) is 11.8 Å². The van der Waals surface area contributed by atoms with Gasteiger partial charge < -0.3 is 24.3 Å². The van der Waals surface area contributed by atoms with Gasteiger partial charge in [-0.2, -0.15) is 13.2 Å². The first-order chi connectivity index (χ1) is 16.7. The molecule has 1 aromatic heterocycles. The van der Waals surface area contributed by atoms with E-state index in [2.05, 4.69) is 0 Å². The molecule has 4 atom stereocenters. The molecular weight excluding hydrogens is 489 g/mol. The van der Waals surface area contributed by atoms with E-state index in [0.29, 0.717) is 6.07 Å². The number of fused-ring (bicyclic) bond motifs is 2. The molecule has 0 saturated carbocycles. The normalized spacial score (nSPS) is 22.4. The van der Waals surface area contributed by atoms with Crippen molar-refractivity contribution in [1.29, 1.82) is 0 Å². The van der Waals surface area contributed by atoms with Crippen LogP contribution in [0.4, 0.5) is 23.7 Å². The van der Waals surface area contributed by atoms with E-state index in [-0.39, 0.29) is 27.9 Å². The number of aliphatic hydroxyl groups is 1. The molecule has 2 N–H and O–H groups in total. The number of alkyl halides is 3. The van der Waals surface area contributed by atoms with Crippen molar-refractivity contribution >= 4 is 34.6 Å². The molecule has 2 aromatic rings. The van der Waals surface area contributed by atoms with Crippen molar-refractivity contribution in [3.8, 4) is 0 Å². The minimum absolute atomic E-state index is 0.0510. The average molecular weight is 510 g/mol. The van der Waals surface area contributed by atoms with Gasteiger partial charge in [0, 0.05) is 36.1 Å². The van der Waals surface area contributed by atoms with E-state index in [1.807, 2.05) is 0 Å². The summed E-state index contributed by atoms with van der Waals surface area (Å²) in [4.78, 5) is 50.5. The zero-order valence-electron chi connectivity index (χ0n) is 19.2. The Morgan fingerprint density at radius 1 is 1.25 bits per heavy atom.